The van der Waals surface area contributed by atoms with Gasteiger partial charge in [-0.15, -0.1) is 0 Å². The first kappa shape index (κ1) is 11.0. The van der Waals surface area contributed by atoms with Crippen LogP contribution in [0.2, 0.25) is 0 Å². The molecule has 2 atom stereocenters. The highest BCUT2D eigenvalue weighted by molar-refractivity contribution is 5.65. The molecule has 0 spiro atoms. The Hall–Kier alpha value is -1.55. The van der Waals surface area contributed by atoms with Crippen molar-refractivity contribution in [2.75, 3.05) is 18.6 Å². The van der Waals surface area contributed by atoms with Crippen LogP contribution >= 0.6 is 0 Å². The molecule has 0 amide bonds. The van der Waals surface area contributed by atoms with Gasteiger partial charge in [-0.3, -0.25) is 4.79 Å². The van der Waals surface area contributed by atoms with Crippen molar-refractivity contribution in [1.29, 1.82) is 0 Å². The molecule has 0 aromatic heterocycles. The first-order chi connectivity index (χ1) is 7.74. The van der Waals surface area contributed by atoms with Crippen molar-refractivity contribution in [1.82, 2.24) is 0 Å². The van der Waals surface area contributed by atoms with Crippen LogP contribution in [0.5, 0.6) is 5.75 Å². The van der Waals surface area contributed by atoms with Gasteiger partial charge >= 0.3 is 0 Å². The smallest absolute Gasteiger partial charge is 0.187 e. The summed E-state index contributed by atoms with van der Waals surface area (Å²) in [4.78, 5) is 12.8. The lowest BCUT2D eigenvalue weighted by Gasteiger charge is -2.20. The van der Waals surface area contributed by atoms with Gasteiger partial charge in [-0.2, -0.15) is 0 Å². The molecule has 0 bridgehead atoms. The first-order valence-corrected chi connectivity index (χ1v) is 5.26. The molecule has 2 rings (SSSR count). The number of carbonyl (C=O) groups excluding carboxylic acids is 1. The SMILES string of the molecule is COc1ccc(N2C[C@@H](C)OC2C=O)cc1. The summed E-state index contributed by atoms with van der Waals surface area (Å²) in [6, 6.07) is 7.60. The molecule has 1 unspecified atom stereocenters. The van der Waals surface area contributed by atoms with E-state index < -0.39 is 6.23 Å². The Balaban J connectivity index is 2.19. The standard InChI is InChI=1S/C12H15NO3/c1-9-7-13(12(8-14)16-9)10-3-5-11(15-2)6-4-10/h3-6,8-9,12H,7H2,1-2H3/t9-,12?/m1/s1. The molecule has 4 heteroatoms. The summed E-state index contributed by atoms with van der Waals surface area (Å²) in [5.41, 5.74) is 0.974. The van der Waals surface area contributed by atoms with Gasteiger partial charge in [0, 0.05) is 12.2 Å². The third-order valence-corrected chi connectivity index (χ3v) is 2.65. The summed E-state index contributed by atoms with van der Waals surface area (Å²) in [6.07, 6.45) is 0.439. The van der Waals surface area contributed by atoms with Crippen molar-refractivity contribution < 1.29 is 14.3 Å². The summed E-state index contributed by atoms with van der Waals surface area (Å²) in [6.45, 7) is 2.69. The Morgan fingerprint density at radius 3 is 2.69 bits per heavy atom. The number of aldehydes is 1. The van der Waals surface area contributed by atoms with Gasteiger partial charge in [-0.25, -0.2) is 0 Å². The van der Waals surface area contributed by atoms with Crippen LogP contribution in [0.4, 0.5) is 5.69 Å². The summed E-state index contributed by atoms with van der Waals surface area (Å²) < 4.78 is 10.5. The maximum Gasteiger partial charge on any atom is 0.187 e. The number of hydrogen-bond donors (Lipinski definition) is 0. The molecule has 1 aliphatic heterocycles. The van der Waals surface area contributed by atoms with Gasteiger partial charge in [0.25, 0.3) is 0 Å². The fourth-order valence-corrected chi connectivity index (χ4v) is 1.87. The number of benzene rings is 1. The van der Waals surface area contributed by atoms with Crippen molar-refractivity contribution in [3.8, 4) is 5.75 Å². The molecule has 0 N–H and O–H groups in total. The molecule has 0 aliphatic carbocycles. The van der Waals surface area contributed by atoms with Crippen LogP contribution in [-0.2, 0) is 9.53 Å². The maximum absolute atomic E-state index is 10.9. The number of anilines is 1. The fraction of sp³-hybridized carbons (Fsp3) is 0.417. The van der Waals surface area contributed by atoms with Crippen LogP contribution < -0.4 is 9.64 Å². The van der Waals surface area contributed by atoms with Gasteiger partial charge in [-0.1, -0.05) is 0 Å². The van der Waals surface area contributed by atoms with Crippen LogP contribution in [0.1, 0.15) is 6.92 Å². The molecule has 1 saturated heterocycles. The number of ether oxygens (including phenoxy) is 2. The van der Waals surface area contributed by atoms with Gasteiger partial charge in [0.15, 0.2) is 12.5 Å². The van der Waals surface area contributed by atoms with Crippen molar-refractivity contribution >= 4 is 12.0 Å². The Kier molecular flexibility index (Phi) is 3.10. The molecule has 0 saturated carbocycles. The predicted octanol–water partition coefficient (Wildman–Crippen LogP) is 1.45. The number of carbonyl (C=O) groups is 1. The van der Waals surface area contributed by atoms with Crippen molar-refractivity contribution in [2.45, 2.75) is 19.3 Å². The minimum Gasteiger partial charge on any atom is -0.497 e. The number of nitrogens with zero attached hydrogens (tertiary/aromatic N) is 1. The van der Waals surface area contributed by atoms with E-state index in [0.29, 0.717) is 0 Å². The third kappa shape index (κ3) is 2.02. The Bertz CT molecular complexity index is 363. The van der Waals surface area contributed by atoms with E-state index in [2.05, 4.69) is 0 Å². The minimum absolute atomic E-state index is 0.0808. The normalized spacial score (nSPS) is 24.5. The fourth-order valence-electron chi connectivity index (χ4n) is 1.87. The number of rotatable bonds is 3. The lowest BCUT2D eigenvalue weighted by molar-refractivity contribution is -0.116. The van der Waals surface area contributed by atoms with Crippen LogP contribution in [0.3, 0.4) is 0 Å². The topological polar surface area (TPSA) is 38.8 Å². The average molecular weight is 221 g/mol. The van der Waals surface area contributed by atoms with E-state index in [0.717, 1.165) is 24.3 Å². The lowest BCUT2D eigenvalue weighted by Crippen LogP contribution is -2.31. The quantitative estimate of drug-likeness (QED) is 0.724. The van der Waals surface area contributed by atoms with E-state index in [4.69, 9.17) is 9.47 Å². The van der Waals surface area contributed by atoms with Crippen LogP contribution in [0, 0.1) is 0 Å². The van der Waals surface area contributed by atoms with Gasteiger partial charge in [0.05, 0.1) is 13.2 Å². The maximum atomic E-state index is 10.9. The zero-order valence-corrected chi connectivity index (χ0v) is 9.42. The Labute approximate surface area is 94.8 Å². The molecule has 86 valence electrons. The highest BCUT2D eigenvalue weighted by Crippen LogP contribution is 2.25. The Morgan fingerprint density at radius 2 is 2.12 bits per heavy atom. The minimum atomic E-state index is -0.469. The molecule has 16 heavy (non-hydrogen) atoms. The summed E-state index contributed by atoms with van der Waals surface area (Å²) >= 11 is 0. The van der Waals surface area contributed by atoms with E-state index in [-0.39, 0.29) is 6.10 Å². The van der Waals surface area contributed by atoms with Gasteiger partial charge in [-0.05, 0) is 31.2 Å². The van der Waals surface area contributed by atoms with E-state index in [1.165, 1.54) is 0 Å². The van der Waals surface area contributed by atoms with Crippen LogP contribution in [0.25, 0.3) is 0 Å². The van der Waals surface area contributed by atoms with Crippen LogP contribution in [-0.4, -0.2) is 32.3 Å². The predicted molar refractivity (Wildman–Crippen MR) is 60.7 cm³/mol. The van der Waals surface area contributed by atoms with Gasteiger partial charge in [0.2, 0.25) is 0 Å². The molecular formula is C12H15NO3. The highest BCUT2D eigenvalue weighted by Gasteiger charge is 2.29. The van der Waals surface area contributed by atoms with E-state index in [9.17, 15) is 4.79 Å². The molecular weight excluding hydrogens is 206 g/mol. The highest BCUT2D eigenvalue weighted by atomic mass is 16.5. The molecule has 1 aromatic carbocycles. The second kappa shape index (κ2) is 4.53. The van der Waals surface area contributed by atoms with Gasteiger partial charge in [0.1, 0.15) is 5.75 Å². The third-order valence-electron chi connectivity index (χ3n) is 2.65. The largest absolute Gasteiger partial charge is 0.497 e. The van der Waals surface area contributed by atoms with Crippen molar-refractivity contribution in [3.63, 3.8) is 0 Å². The zero-order valence-electron chi connectivity index (χ0n) is 9.42. The molecule has 0 radical (unpaired) electrons. The Morgan fingerprint density at radius 1 is 1.44 bits per heavy atom. The summed E-state index contributed by atoms with van der Waals surface area (Å²) in [5.74, 6) is 0.805. The second-order valence-electron chi connectivity index (χ2n) is 3.82. The molecule has 4 nitrogen and oxygen atoms in total. The molecule has 1 heterocycles. The second-order valence-corrected chi connectivity index (χ2v) is 3.82. The van der Waals surface area contributed by atoms with Crippen molar-refractivity contribution in [3.05, 3.63) is 24.3 Å². The molecule has 1 fully saturated rings. The number of hydrogen-bond acceptors (Lipinski definition) is 4. The zero-order chi connectivity index (χ0) is 11.5. The molecule has 1 aromatic rings. The average Bonchev–Trinajstić information content (AvgIpc) is 2.70. The summed E-state index contributed by atoms with van der Waals surface area (Å²) in [7, 11) is 1.63. The van der Waals surface area contributed by atoms with Crippen molar-refractivity contribution in [2.24, 2.45) is 0 Å². The van der Waals surface area contributed by atoms with E-state index in [1.54, 1.807) is 7.11 Å². The number of methoxy groups -OCH3 is 1. The first-order valence-electron chi connectivity index (χ1n) is 5.26. The van der Waals surface area contributed by atoms with Crippen LogP contribution in [0.15, 0.2) is 24.3 Å². The van der Waals surface area contributed by atoms with Gasteiger partial charge < -0.3 is 14.4 Å². The lowest BCUT2D eigenvalue weighted by atomic mass is 10.2. The monoisotopic (exact) mass is 221 g/mol. The van der Waals surface area contributed by atoms with E-state index in [1.807, 2.05) is 36.1 Å². The van der Waals surface area contributed by atoms with E-state index >= 15 is 0 Å². The summed E-state index contributed by atoms with van der Waals surface area (Å²) in [5, 5.41) is 0. The molecule has 1 aliphatic rings.